The third-order valence-electron chi connectivity index (χ3n) is 5.70. The van der Waals surface area contributed by atoms with Crippen molar-refractivity contribution < 1.29 is 13.9 Å². The van der Waals surface area contributed by atoms with E-state index in [1.165, 1.54) is 25.0 Å². The number of carbonyl (C=O) groups excluding carboxylic acids is 1. The molecule has 1 aromatic carbocycles. The lowest BCUT2D eigenvalue weighted by atomic mass is 10.0. The van der Waals surface area contributed by atoms with Crippen molar-refractivity contribution in [1.82, 2.24) is 15.2 Å². The molecule has 0 spiro atoms. The van der Waals surface area contributed by atoms with Crippen LogP contribution in [0.2, 0.25) is 0 Å². The highest BCUT2D eigenvalue weighted by atomic mass is 19.1. The Hall–Kier alpha value is -1.92. The third-order valence-corrected chi connectivity index (χ3v) is 5.70. The van der Waals surface area contributed by atoms with Gasteiger partial charge in [0.15, 0.2) is 0 Å². The smallest absolute Gasteiger partial charge is 0.224 e. The number of H-pyrrole nitrogens is 1. The summed E-state index contributed by atoms with van der Waals surface area (Å²) in [6.07, 6.45) is 2.62. The number of halogens is 1. The van der Waals surface area contributed by atoms with E-state index in [-0.39, 0.29) is 23.6 Å². The number of fused-ring (bicyclic) bond motifs is 1. The van der Waals surface area contributed by atoms with E-state index in [1.54, 1.807) is 6.07 Å². The standard InChI is InChI=1S/C20H26FN3O2/c1-14-16(17-10-15(21)2-3-18(17)23-14)11-19(25)22-12-20(4-5-20)13-24-6-8-26-9-7-24/h2-3,10,23H,4-9,11-13H2,1H3,(H,22,25). The number of hydrogen-bond acceptors (Lipinski definition) is 3. The highest BCUT2D eigenvalue weighted by Gasteiger charge is 2.44. The van der Waals surface area contributed by atoms with Crippen LogP contribution < -0.4 is 5.32 Å². The van der Waals surface area contributed by atoms with Crippen LogP contribution in [0.4, 0.5) is 4.39 Å². The highest BCUT2D eigenvalue weighted by molar-refractivity contribution is 5.90. The lowest BCUT2D eigenvalue weighted by molar-refractivity contribution is -0.120. The Kier molecular flexibility index (Phi) is 4.71. The minimum atomic E-state index is -0.277. The maximum atomic E-state index is 13.6. The number of aromatic nitrogens is 1. The second-order valence-corrected chi connectivity index (χ2v) is 7.76. The van der Waals surface area contributed by atoms with Gasteiger partial charge in [0.2, 0.25) is 5.91 Å². The van der Waals surface area contributed by atoms with Crippen molar-refractivity contribution in [3.8, 4) is 0 Å². The molecule has 5 nitrogen and oxygen atoms in total. The Morgan fingerprint density at radius 2 is 2.12 bits per heavy atom. The number of amides is 1. The van der Waals surface area contributed by atoms with Crippen molar-refractivity contribution in [2.75, 3.05) is 39.4 Å². The zero-order chi connectivity index (χ0) is 18.1. The first kappa shape index (κ1) is 17.5. The summed E-state index contributed by atoms with van der Waals surface area (Å²) < 4.78 is 19.0. The minimum Gasteiger partial charge on any atom is -0.379 e. The van der Waals surface area contributed by atoms with E-state index in [0.29, 0.717) is 0 Å². The van der Waals surface area contributed by atoms with Crippen molar-refractivity contribution in [3.63, 3.8) is 0 Å². The van der Waals surface area contributed by atoms with E-state index < -0.39 is 0 Å². The van der Waals surface area contributed by atoms with Crippen LogP contribution in [0.1, 0.15) is 24.1 Å². The number of aromatic amines is 1. The van der Waals surface area contributed by atoms with Crippen molar-refractivity contribution in [2.45, 2.75) is 26.2 Å². The topological polar surface area (TPSA) is 57.4 Å². The molecule has 2 fully saturated rings. The Morgan fingerprint density at radius 3 is 2.85 bits per heavy atom. The summed E-state index contributed by atoms with van der Waals surface area (Å²) in [4.78, 5) is 18.2. The summed E-state index contributed by atoms with van der Waals surface area (Å²) in [6, 6.07) is 4.66. The van der Waals surface area contributed by atoms with E-state index in [0.717, 1.165) is 61.6 Å². The van der Waals surface area contributed by atoms with E-state index in [4.69, 9.17) is 4.74 Å². The van der Waals surface area contributed by atoms with Gasteiger partial charge < -0.3 is 15.0 Å². The fraction of sp³-hybridized carbons (Fsp3) is 0.550. The summed E-state index contributed by atoms with van der Waals surface area (Å²) >= 11 is 0. The molecule has 1 saturated carbocycles. The van der Waals surface area contributed by atoms with Gasteiger partial charge >= 0.3 is 0 Å². The van der Waals surface area contributed by atoms with Crippen molar-refractivity contribution in [3.05, 3.63) is 35.3 Å². The quantitative estimate of drug-likeness (QED) is 0.833. The molecular weight excluding hydrogens is 333 g/mol. The van der Waals surface area contributed by atoms with Crippen LogP contribution in [0.15, 0.2) is 18.2 Å². The fourth-order valence-corrected chi connectivity index (χ4v) is 3.89. The first-order valence-electron chi connectivity index (χ1n) is 9.38. The number of rotatable bonds is 6. The Morgan fingerprint density at radius 1 is 1.35 bits per heavy atom. The number of aryl methyl sites for hydroxylation is 1. The number of carbonyl (C=O) groups is 1. The van der Waals surface area contributed by atoms with E-state index in [9.17, 15) is 9.18 Å². The van der Waals surface area contributed by atoms with Gasteiger partial charge in [-0.15, -0.1) is 0 Å². The second kappa shape index (κ2) is 7.00. The van der Waals surface area contributed by atoms with Crippen LogP contribution in [0, 0.1) is 18.2 Å². The van der Waals surface area contributed by atoms with Crippen LogP contribution >= 0.6 is 0 Å². The predicted molar refractivity (Wildman–Crippen MR) is 98.6 cm³/mol. The van der Waals surface area contributed by atoms with Crippen LogP contribution in [0.3, 0.4) is 0 Å². The van der Waals surface area contributed by atoms with E-state index in [2.05, 4.69) is 15.2 Å². The molecule has 0 radical (unpaired) electrons. The van der Waals surface area contributed by atoms with E-state index in [1.807, 2.05) is 6.92 Å². The van der Waals surface area contributed by atoms with Gasteiger partial charge in [0.05, 0.1) is 19.6 Å². The minimum absolute atomic E-state index is 0.00603. The van der Waals surface area contributed by atoms with Gasteiger partial charge in [0, 0.05) is 48.2 Å². The predicted octanol–water partition coefficient (Wildman–Crippen LogP) is 2.39. The molecule has 2 aromatic rings. The number of nitrogens with one attached hydrogen (secondary N) is 2. The van der Waals surface area contributed by atoms with Crippen molar-refractivity contribution >= 4 is 16.8 Å². The summed E-state index contributed by atoms with van der Waals surface area (Å²) in [7, 11) is 0. The van der Waals surface area contributed by atoms with Crippen molar-refractivity contribution in [2.24, 2.45) is 5.41 Å². The van der Waals surface area contributed by atoms with Crippen LogP contribution in [-0.2, 0) is 16.0 Å². The van der Waals surface area contributed by atoms with Gasteiger partial charge in [-0.2, -0.15) is 0 Å². The Labute approximate surface area is 152 Å². The molecular formula is C20H26FN3O2. The monoisotopic (exact) mass is 359 g/mol. The summed E-state index contributed by atoms with van der Waals surface area (Å²) in [6.45, 7) is 7.26. The Bertz CT molecular complexity index is 807. The molecule has 2 heterocycles. The maximum Gasteiger partial charge on any atom is 0.224 e. The molecule has 6 heteroatoms. The number of benzene rings is 1. The van der Waals surface area contributed by atoms with Gasteiger partial charge in [-0.3, -0.25) is 9.69 Å². The van der Waals surface area contributed by atoms with E-state index >= 15 is 0 Å². The lowest BCUT2D eigenvalue weighted by Crippen LogP contribution is -2.43. The second-order valence-electron chi connectivity index (χ2n) is 7.76. The fourth-order valence-electron chi connectivity index (χ4n) is 3.89. The van der Waals surface area contributed by atoms with Crippen LogP contribution in [0.5, 0.6) is 0 Å². The summed E-state index contributed by atoms with van der Waals surface area (Å²) in [5, 5.41) is 3.91. The molecule has 0 atom stereocenters. The molecule has 1 aliphatic heterocycles. The summed E-state index contributed by atoms with van der Waals surface area (Å²) in [5.41, 5.74) is 2.91. The molecule has 1 amide bonds. The molecule has 0 unspecified atom stereocenters. The largest absolute Gasteiger partial charge is 0.379 e. The molecule has 4 rings (SSSR count). The molecule has 1 aliphatic carbocycles. The molecule has 0 bridgehead atoms. The Balaban J connectivity index is 1.36. The molecule has 1 saturated heterocycles. The molecule has 26 heavy (non-hydrogen) atoms. The maximum absolute atomic E-state index is 13.6. The highest BCUT2D eigenvalue weighted by Crippen LogP contribution is 2.45. The third kappa shape index (κ3) is 3.76. The zero-order valence-corrected chi connectivity index (χ0v) is 15.2. The lowest BCUT2D eigenvalue weighted by Gasteiger charge is -2.30. The normalized spacial score (nSPS) is 19.6. The molecule has 140 valence electrons. The average molecular weight is 359 g/mol. The molecule has 1 aromatic heterocycles. The van der Waals surface area contributed by atoms with Crippen LogP contribution in [0.25, 0.3) is 10.9 Å². The first-order chi connectivity index (χ1) is 12.5. The SMILES string of the molecule is Cc1[nH]c2ccc(F)cc2c1CC(=O)NCC1(CN2CCOCC2)CC1. The average Bonchev–Trinajstić information content (AvgIpc) is 3.33. The number of morpholine rings is 1. The van der Waals surface area contributed by atoms with Gasteiger partial charge in [0.25, 0.3) is 0 Å². The number of nitrogens with zero attached hydrogens (tertiary/aromatic N) is 1. The van der Waals surface area contributed by atoms with Gasteiger partial charge in [-0.05, 0) is 43.5 Å². The first-order valence-corrected chi connectivity index (χ1v) is 9.38. The zero-order valence-electron chi connectivity index (χ0n) is 15.2. The molecule has 2 aliphatic rings. The summed E-state index contributed by atoms with van der Waals surface area (Å²) in [5.74, 6) is -0.271. The van der Waals surface area contributed by atoms with Gasteiger partial charge in [-0.1, -0.05) is 0 Å². The van der Waals surface area contributed by atoms with Gasteiger partial charge in [0.1, 0.15) is 5.82 Å². The number of hydrogen-bond donors (Lipinski definition) is 2. The molecule has 2 N–H and O–H groups in total. The van der Waals surface area contributed by atoms with Gasteiger partial charge in [-0.25, -0.2) is 4.39 Å². The van der Waals surface area contributed by atoms with Crippen LogP contribution in [-0.4, -0.2) is 55.2 Å². The number of ether oxygens (including phenoxy) is 1. The van der Waals surface area contributed by atoms with Crippen molar-refractivity contribution in [1.29, 1.82) is 0 Å².